The number of benzene rings is 1. The first-order valence-electron chi connectivity index (χ1n) is 6.94. The lowest BCUT2D eigenvalue weighted by Gasteiger charge is -1.98. The van der Waals surface area contributed by atoms with Crippen molar-refractivity contribution < 1.29 is 14.6 Å². The first kappa shape index (κ1) is 15.1. The fourth-order valence-corrected chi connectivity index (χ4v) is 3.29. The molecule has 1 aromatic carbocycles. The Balaban J connectivity index is 2.02. The summed E-state index contributed by atoms with van der Waals surface area (Å²) in [5.41, 5.74) is 1.57. The number of carbonyl (C=O) groups excluding carboxylic acids is 1. The van der Waals surface area contributed by atoms with Gasteiger partial charge in [-0.05, 0) is 12.5 Å². The molecule has 0 N–H and O–H groups in total. The smallest absolute Gasteiger partial charge is 0.312 e. The molecule has 3 rings (SSSR count). The van der Waals surface area contributed by atoms with Gasteiger partial charge in [0.15, 0.2) is 0 Å². The summed E-state index contributed by atoms with van der Waals surface area (Å²) in [6.45, 7) is 1.86. The van der Waals surface area contributed by atoms with Gasteiger partial charge in [-0.25, -0.2) is 4.79 Å². The maximum absolute atomic E-state index is 11.9. The zero-order valence-electron chi connectivity index (χ0n) is 12.2. The second-order valence-corrected chi connectivity index (χ2v) is 5.98. The van der Waals surface area contributed by atoms with Crippen LogP contribution in [0.4, 0.5) is 5.69 Å². The van der Waals surface area contributed by atoms with Crippen LogP contribution in [0.5, 0.6) is 0 Å². The van der Waals surface area contributed by atoms with Gasteiger partial charge < -0.3 is 4.84 Å². The Labute approximate surface area is 135 Å². The van der Waals surface area contributed by atoms with Gasteiger partial charge in [0.1, 0.15) is 5.71 Å². The van der Waals surface area contributed by atoms with Gasteiger partial charge in [0, 0.05) is 16.5 Å². The Morgan fingerprint density at radius 1 is 1.35 bits per heavy atom. The van der Waals surface area contributed by atoms with Gasteiger partial charge in [0.25, 0.3) is 5.69 Å². The van der Waals surface area contributed by atoms with Crippen LogP contribution in [-0.4, -0.2) is 16.6 Å². The number of carbonyl (C=O) groups is 1. The summed E-state index contributed by atoms with van der Waals surface area (Å²) in [5.74, 6) is -0.557. The molecule has 2 aromatic rings. The third-order valence-corrected chi connectivity index (χ3v) is 4.57. The third kappa shape index (κ3) is 2.91. The lowest BCUT2D eigenvalue weighted by Crippen LogP contribution is -2.06. The van der Waals surface area contributed by atoms with Gasteiger partial charge in [-0.2, -0.15) is 0 Å². The van der Waals surface area contributed by atoms with Crippen LogP contribution in [0.2, 0.25) is 0 Å². The molecule has 1 aliphatic rings. The van der Waals surface area contributed by atoms with Gasteiger partial charge in [0.2, 0.25) is 0 Å². The van der Waals surface area contributed by atoms with Crippen molar-refractivity contribution in [3.05, 3.63) is 67.4 Å². The molecule has 0 bridgehead atoms. The van der Waals surface area contributed by atoms with E-state index >= 15 is 0 Å². The molecule has 23 heavy (non-hydrogen) atoms. The molecule has 1 aliphatic heterocycles. The van der Waals surface area contributed by atoms with Gasteiger partial charge in [-0.1, -0.05) is 42.4 Å². The number of hydrogen-bond donors (Lipinski definition) is 0. The van der Waals surface area contributed by atoms with Crippen LogP contribution >= 0.6 is 11.3 Å². The molecule has 0 fully saturated rings. The Kier molecular flexibility index (Phi) is 4.03. The number of rotatable bonds is 4. The average molecular weight is 328 g/mol. The van der Waals surface area contributed by atoms with Crippen molar-refractivity contribution in [2.45, 2.75) is 13.3 Å². The monoisotopic (exact) mass is 328 g/mol. The van der Waals surface area contributed by atoms with Crippen LogP contribution in [0.1, 0.15) is 22.2 Å². The minimum absolute atomic E-state index is 0.0777. The van der Waals surface area contributed by atoms with Crippen molar-refractivity contribution in [2.24, 2.45) is 5.16 Å². The number of hydrogen-bond acceptors (Lipinski definition) is 6. The topological polar surface area (TPSA) is 81.8 Å². The molecule has 0 saturated heterocycles. The molecular weight excluding hydrogens is 316 g/mol. The Hall–Kier alpha value is -2.80. The number of aryl methyl sites for hydroxylation is 1. The summed E-state index contributed by atoms with van der Waals surface area (Å²) >= 11 is 1.29. The molecule has 1 aromatic heterocycles. The van der Waals surface area contributed by atoms with Gasteiger partial charge >= 0.3 is 5.97 Å². The molecule has 6 nitrogen and oxygen atoms in total. The first-order chi connectivity index (χ1) is 11.1. The van der Waals surface area contributed by atoms with Crippen molar-refractivity contribution in [1.82, 2.24) is 0 Å². The summed E-state index contributed by atoms with van der Waals surface area (Å²) in [6, 6.07) is 10.7. The Morgan fingerprint density at radius 2 is 2.09 bits per heavy atom. The van der Waals surface area contributed by atoms with Gasteiger partial charge in [-0.15, -0.1) is 11.3 Å². The predicted molar refractivity (Wildman–Crippen MR) is 87.4 cm³/mol. The number of thiophene rings is 1. The molecule has 0 spiro atoms. The number of nitrogens with zero attached hydrogens (tertiary/aromatic N) is 2. The van der Waals surface area contributed by atoms with Crippen molar-refractivity contribution in [3.63, 3.8) is 0 Å². The van der Waals surface area contributed by atoms with Crippen molar-refractivity contribution >= 4 is 34.8 Å². The molecule has 0 unspecified atom stereocenters. The lowest BCUT2D eigenvalue weighted by molar-refractivity contribution is -0.385. The largest absolute Gasteiger partial charge is 0.368 e. The van der Waals surface area contributed by atoms with Gasteiger partial charge in [-0.3, -0.25) is 10.1 Å². The van der Waals surface area contributed by atoms with E-state index in [2.05, 4.69) is 5.16 Å². The Bertz CT molecular complexity index is 837. The predicted octanol–water partition coefficient (Wildman–Crippen LogP) is 3.56. The van der Waals surface area contributed by atoms with Crippen LogP contribution in [-0.2, 0) is 16.1 Å². The maximum Gasteiger partial charge on any atom is 0.368 e. The second-order valence-electron chi connectivity index (χ2n) is 4.81. The summed E-state index contributed by atoms with van der Waals surface area (Å²) in [4.78, 5) is 28.6. The highest BCUT2D eigenvalue weighted by molar-refractivity contribution is 7.13. The number of nitro groups is 1. The minimum Gasteiger partial charge on any atom is -0.312 e. The molecule has 2 heterocycles. The van der Waals surface area contributed by atoms with E-state index < -0.39 is 10.9 Å². The molecule has 0 aliphatic carbocycles. The fourth-order valence-electron chi connectivity index (χ4n) is 2.27. The summed E-state index contributed by atoms with van der Waals surface area (Å²) in [7, 11) is 0. The highest BCUT2D eigenvalue weighted by atomic mass is 32.1. The van der Waals surface area contributed by atoms with Crippen molar-refractivity contribution in [2.75, 3.05) is 0 Å². The molecule has 7 heteroatoms. The summed E-state index contributed by atoms with van der Waals surface area (Å²) in [5, 5.41) is 14.9. The minimum atomic E-state index is -0.557. The zero-order chi connectivity index (χ0) is 16.4. The molecular formula is C16H12N2O4S. The van der Waals surface area contributed by atoms with E-state index in [-0.39, 0.29) is 5.69 Å². The van der Waals surface area contributed by atoms with E-state index in [0.717, 1.165) is 5.56 Å². The Morgan fingerprint density at radius 3 is 2.70 bits per heavy atom. The van der Waals surface area contributed by atoms with E-state index in [4.69, 9.17) is 4.84 Å². The van der Waals surface area contributed by atoms with E-state index in [9.17, 15) is 14.9 Å². The van der Waals surface area contributed by atoms with Crippen LogP contribution in [0.25, 0.3) is 6.08 Å². The summed E-state index contributed by atoms with van der Waals surface area (Å²) in [6.07, 6.45) is 2.16. The van der Waals surface area contributed by atoms with Crippen molar-refractivity contribution in [1.29, 1.82) is 0 Å². The standard InChI is InChI=1S/C16H12N2O4S/c1-2-14-13(18(20)21)9-11(23-14)8-12-15(17-22-16(12)19)10-6-4-3-5-7-10/h3-9H,2H2,1H3. The highest BCUT2D eigenvalue weighted by Crippen LogP contribution is 2.32. The zero-order valence-corrected chi connectivity index (χ0v) is 13.0. The molecule has 0 saturated carbocycles. The number of oxime groups is 1. The molecule has 0 amide bonds. The highest BCUT2D eigenvalue weighted by Gasteiger charge is 2.27. The van der Waals surface area contributed by atoms with Crippen LogP contribution in [0, 0.1) is 10.1 Å². The lowest BCUT2D eigenvalue weighted by atomic mass is 10.0. The van der Waals surface area contributed by atoms with Crippen LogP contribution in [0.3, 0.4) is 0 Å². The summed E-state index contributed by atoms with van der Waals surface area (Å²) < 4.78 is 0. The second kappa shape index (κ2) is 6.13. The van der Waals surface area contributed by atoms with Crippen LogP contribution < -0.4 is 0 Å². The molecule has 0 radical (unpaired) electrons. The molecule has 116 valence electrons. The SMILES string of the molecule is CCc1sc(C=C2C(=O)ON=C2c2ccccc2)cc1[N+](=O)[O-]. The first-order valence-corrected chi connectivity index (χ1v) is 7.75. The third-order valence-electron chi connectivity index (χ3n) is 3.35. The fraction of sp³-hybridized carbons (Fsp3) is 0.125. The van der Waals surface area contributed by atoms with E-state index in [1.54, 1.807) is 6.08 Å². The van der Waals surface area contributed by atoms with E-state index in [1.807, 2.05) is 37.3 Å². The maximum atomic E-state index is 11.9. The molecule has 0 atom stereocenters. The van der Waals surface area contributed by atoms with E-state index in [1.165, 1.54) is 17.4 Å². The van der Waals surface area contributed by atoms with Crippen LogP contribution in [0.15, 0.2) is 47.1 Å². The quantitative estimate of drug-likeness (QED) is 0.372. The van der Waals surface area contributed by atoms with Gasteiger partial charge in [0.05, 0.1) is 15.4 Å². The normalized spacial score (nSPS) is 15.6. The van der Waals surface area contributed by atoms with E-state index in [0.29, 0.717) is 27.5 Å². The average Bonchev–Trinajstić information content (AvgIpc) is 3.13. The van der Waals surface area contributed by atoms with Crippen molar-refractivity contribution in [3.8, 4) is 0 Å².